The lowest BCUT2D eigenvalue weighted by molar-refractivity contribution is 0.378. The van der Waals surface area contributed by atoms with Crippen LogP contribution < -0.4 is 5.32 Å². The zero-order valence-electron chi connectivity index (χ0n) is 12.9. The lowest BCUT2D eigenvalue weighted by Gasteiger charge is -2.20. The van der Waals surface area contributed by atoms with Gasteiger partial charge in [-0.25, -0.2) is 0 Å². The molecule has 0 saturated heterocycles. The third-order valence-corrected chi connectivity index (χ3v) is 5.42. The fraction of sp³-hybridized carbons (Fsp3) is 0.684. The van der Waals surface area contributed by atoms with Crippen molar-refractivity contribution in [2.45, 2.75) is 57.9 Å². The van der Waals surface area contributed by atoms with Crippen LogP contribution in [0.25, 0.3) is 0 Å². The summed E-state index contributed by atoms with van der Waals surface area (Å²) in [6.07, 6.45) is 9.73. The van der Waals surface area contributed by atoms with Crippen molar-refractivity contribution in [2.75, 3.05) is 6.54 Å². The summed E-state index contributed by atoms with van der Waals surface area (Å²) in [4.78, 5) is 0. The van der Waals surface area contributed by atoms with Crippen LogP contribution >= 0.6 is 0 Å². The van der Waals surface area contributed by atoms with E-state index in [0.29, 0.717) is 0 Å². The first-order chi connectivity index (χ1) is 9.90. The van der Waals surface area contributed by atoms with Crippen molar-refractivity contribution in [2.24, 2.45) is 17.8 Å². The Morgan fingerprint density at radius 2 is 1.90 bits per heavy atom. The first-order valence-electron chi connectivity index (χ1n) is 8.67. The maximum atomic E-state index is 3.85. The lowest BCUT2D eigenvalue weighted by Crippen LogP contribution is -2.33. The molecule has 0 spiro atoms. The van der Waals surface area contributed by atoms with Crippen molar-refractivity contribution in [3.63, 3.8) is 0 Å². The normalized spacial score (nSPS) is 29.1. The van der Waals surface area contributed by atoms with Crippen LogP contribution in [0, 0.1) is 17.8 Å². The zero-order chi connectivity index (χ0) is 13.8. The van der Waals surface area contributed by atoms with Crippen LogP contribution in [0.15, 0.2) is 30.3 Å². The monoisotopic (exact) mass is 271 g/mol. The third-order valence-electron chi connectivity index (χ3n) is 5.42. The van der Waals surface area contributed by atoms with Crippen molar-refractivity contribution in [1.82, 2.24) is 5.32 Å². The van der Waals surface area contributed by atoms with E-state index in [0.717, 1.165) is 23.8 Å². The van der Waals surface area contributed by atoms with Gasteiger partial charge in [0.25, 0.3) is 0 Å². The Morgan fingerprint density at radius 3 is 2.60 bits per heavy atom. The molecule has 110 valence electrons. The summed E-state index contributed by atoms with van der Waals surface area (Å²) in [5, 5.41) is 3.85. The number of hydrogen-bond donors (Lipinski definition) is 1. The van der Waals surface area contributed by atoms with Crippen LogP contribution in [-0.2, 0) is 6.42 Å². The smallest absolute Gasteiger partial charge is 0.0101 e. The van der Waals surface area contributed by atoms with E-state index in [1.165, 1.54) is 57.1 Å². The van der Waals surface area contributed by atoms with Crippen LogP contribution in [0.4, 0.5) is 0 Å². The van der Waals surface area contributed by atoms with Gasteiger partial charge >= 0.3 is 0 Å². The SMILES string of the molecule is CCCNC(CCCc1ccccc1)C1C2CCCC21. The number of aryl methyl sites for hydroxylation is 1. The molecule has 1 heteroatoms. The van der Waals surface area contributed by atoms with Crippen LogP contribution in [0.2, 0.25) is 0 Å². The van der Waals surface area contributed by atoms with Crippen molar-refractivity contribution in [1.29, 1.82) is 0 Å². The zero-order valence-corrected chi connectivity index (χ0v) is 12.9. The molecule has 2 aliphatic carbocycles. The average Bonchev–Trinajstić information content (AvgIpc) is 2.95. The molecule has 0 heterocycles. The Bertz CT molecular complexity index is 389. The first kappa shape index (κ1) is 14.1. The molecule has 0 bridgehead atoms. The van der Waals surface area contributed by atoms with Gasteiger partial charge in [0.05, 0.1) is 0 Å². The largest absolute Gasteiger partial charge is 0.314 e. The van der Waals surface area contributed by atoms with E-state index in [1.54, 1.807) is 0 Å². The Balaban J connectivity index is 1.46. The summed E-state index contributed by atoms with van der Waals surface area (Å²) in [5.74, 6) is 3.19. The molecule has 1 aromatic carbocycles. The quantitative estimate of drug-likeness (QED) is 0.738. The van der Waals surface area contributed by atoms with E-state index >= 15 is 0 Å². The summed E-state index contributed by atoms with van der Waals surface area (Å²) in [5.41, 5.74) is 1.50. The second-order valence-electron chi connectivity index (χ2n) is 6.77. The predicted octanol–water partition coefficient (Wildman–Crippen LogP) is 4.42. The Morgan fingerprint density at radius 1 is 1.15 bits per heavy atom. The fourth-order valence-corrected chi connectivity index (χ4v) is 4.40. The van der Waals surface area contributed by atoms with Gasteiger partial charge in [-0.3, -0.25) is 0 Å². The molecule has 2 fully saturated rings. The van der Waals surface area contributed by atoms with Crippen molar-refractivity contribution < 1.29 is 0 Å². The van der Waals surface area contributed by atoms with Crippen LogP contribution in [0.1, 0.15) is 51.0 Å². The molecular formula is C19H29N. The minimum absolute atomic E-state index is 0.800. The van der Waals surface area contributed by atoms with Crippen LogP contribution in [0.5, 0.6) is 0 Å². The van der Waals surface area contributed by atoms with Crippen LogP contribution in [0.3, 0.4) is 0 Å². The average molecular weight is 271 g/mol. The molecule has 2 aliphatic rings. The van der Waals surface area contributed by atoms with E-state index in [2.05, 4.69) is 42.6 Å². The Hall–Kier alpha value is -0.820. The molecule has 20 heavy (non-hydrogen) atoms. The second kappa shape index (κ2) is 6.76. The molecule has 1 nitrogen and oxygen atoms in total. The third kappa shape index (κ3) is 3.25. The summed E-state index contributed by atoms with van der Waals surface area (Å²) in [7, 11) is 0. The van der Waals surface area contributed by atoms with Gasteiger partial charge < -0.3 is 5.32 Å². The fourth-order valence-electron chi connectivity index (χ4n) is 4.40. The number of rotatable bonds is 8. The molecule has 1 N–H and O–H groups in total. The standard InChI is InChI=1S/C19H29N/c1-2-14-20-18(19-16-11-7-12-17(16)19)13-6-10-15-8-4-3-5-9-15/h3-5,8-9,16-20H,2,6-7,10-14H2,1H3. The highest BCUT2D eigenvalue weighted by Crippen LogP contribution is 2.59. The second-order valence-corrected chi connectivity index (χ2v) is 6.77. The van der Waals surface area contributed by atoms with Gasteiger partial charge in [-0.15, -0.1) is 0 Å². The molecule has 0 radical (unpaired) electrons. The van der Waals surface area contributed by atoms with Gasteiger partial charge in [-0.05, 0) is 68.4 Å². The molecular weight excluding hydrogens is 242 g/mol. The summed E-state index contributed by atoms with van der Waals surface area (Å²) in [6.45, 7) is 3.48. The Kier molecular flexibility index (Phi) is 4.77. The van der Waals surface area contributed by atoms with E-state index in [4.69, 9.17) is 0 Å². The maximum absolute atomic E-state index is 3.85. The molecule has 3 rings (SSSR count). The topological polar surface area (TPSA) is 12.0 Å². The summed E-state index contributed by atoms with van der Waals surface area (Å²) >= 11 is 0. The van der Waals surface area contributed by atoms with Crippen molar-refractivity contribution in [3.05, 3.63) is 35.9 Å². The minimum atomic E-state index is 0.800. The predicted molar refractivity (Wildman–Crippen MR) is 85.8 cm³/mol. The number of hydrogen-bond acceptors (Lipinski definition) is 1. The van der Waals surface area contributed by atoms with Gasteiger partial charge in [-0.2, -0.15) is 0 Å². The highest BCUT2D eigenvalue weighted by Gasteiger charge is 2.55. The number of fused-ring (bicyclic) bond motifs is 1. The van der Waals surface area contributed by atoms with E-state index in [1.807, 2.05) is 0 Å². The van der Waals surface area contributed by atoms with Gasteiger partial charge in [0.15, 0.2) is 0 Å². The van der Waals surface area contributed by atoms with Gasteiger partial charge in [0.1, 0.15) is 0 Å². The van der Waals surface area contributed by atoms with Gasteiger partial charge in [0.2, 0.25) is 0 Å². The molecule has 2 saturated carbocycles. The number of benzene rings is 1. The molecule has 0 aromatic heterocycles. The van der Waals surface area contributed by atoms with Crippen molar-refractivity contribution >= 4 is 0 Å². The Labute approximate surface area is 124 Å². The minimum Gasteiger partial charge on any atom is -0.314 e. The molecule has 0 aliphatic heterocycles. The molecule has 3 unspecified atom stereocenters. The van der Waals surface area contributed by atoms with E-state index < -0.39 is 0 Å². The van der Waals surface area contributed by atoms with E-state index in [9.17, 15) is 0 Å². The highest BCUT2D eigenvalue weighted by atomic mass is 14.9. The summed E-state index contributed by atoms with van der Waals surface area (Å²) in [6, 6.07) is 11.8. The molecule has 0 amide bonds. The number of nitrogens with one attached hydrogen (secondary N) is 1. The first-order valence-corrected chi connectivity index (χ1v) is 8.67. The lowest BCUT2D eigenvalue weighted by atomic mass is 9.97. The van der Waals surface area contributed by atoms with E-state index in [-0.39, 0.29) is 0 Å². The van der Waals surface area contributed by atoms with Crippen LogP contribution in [-0.4, -0.2) is 12.6 Å². The molecule has 3 atom stereocenters. The maximum Gasteiger partial charge on any atom is 0.0101 e. The highest BCUT2D eigenvalue weighted by molar-refractivity contribution is 5.14. The van der Waals surface area contributed by atoms with Gasteiger partial charge in [0, 0.05) is 6.04 Å². The summed E-state index contributed by atoms with van der Waals surface area (Å²) < 4.78 is 0. The molecule has 1 aromatic rings. The van der Waals surface area contributed by atoms with Gasteiger partial charge in [-0.1, -0.05) is 43.7 Å². The van der Waals surface area contributed by atoms with Crippen molar-refractivity contribution in [3.8, 4) is 0 Å².